The van der Waals surface area contributed by atoms with Gasteiger partial charge in [0.1, 0.15) is 6.54 Å². The molecule has 1 aromatic carbocycles. The monoisotopic (exact) mass is 381 g/mol. The van der Waals surface area contributed by atoms with E-state index < -0.39 is 11.9 Å². The Morgan fingerprint density at radius 1 is 1.04 bits per heavy atom. The van der Waals surface area contributed by atoms with Gasteiger partial charge in [0.25, 0.3) is 5.56 Å². The van der Waals surface area contributed by atoms with Gasteiger partial charge in [-0.05, 0) is 44.9 Å². The van der Waals surface area contributed by atoms with Crippen LogP contribution in [0.5, 0.6) is 0 Å². The topological polar surface area (TPSA) is 87.5 Å². The molecule has 5 rings (SSSR count). The van der Waals surface area contributed by atoms with Crippen molar-refractivity contribution in [1.29, 1.82) is 0 Å². The van der Waals surface area contributed by atoms with Crippen LogP contribution in [0.3, 0.4) is 0 Å². The number of amides is 3. The summed E-state index contributed by atoms with van der Waals surface area (Å²) in [5.74, 6) is -0.383. The molecule has 146 valence electrons. The number of piperidine rings is 2. The lowest BCUT2D eigenvalue weighted by Crippen LogP contribution is -2.51. The Morgan fingerprint density at radius 3 is 2.43 bits per heavy atom. The summed E-state index contributed by atoms with van der Waals surface area (Å²) in [5, 5.41) is 2.23. The highest BCUT2D eigenvalue weighted by Gasteiger charge is 2.39. The van der Waals surface area contributed by atoms with Gasteiger partial charge in [0.2, 0.25) is 11.7 Å². The number of imide groups is 1. The quantitative estimate of drug-likeness (QED) is 0.799. The molecule has 3 atom stereocenters. The van der Waals surface area contributed by atoms with E-state index in [2.05, 4.69) is 22.2 Å². The fourth-order valence-corrected chi connectivity index (χ4v) is 5.09. The summed E-state index contributed by atoms with van der Waals surface area (Å²) in [4.78, 5) is 45.4. The summed E-state index contributed by atoms with van der Waals surface area (Å²) < 4.78 is 1.83. The normalized spacial score (nSPS) is 28.0. The number of carbonyl (C=O) groups is 2. The fraction of sp³-hybridized carbons (Fsp3) is 0.500. The van der Waals surface area contributed by atoms with Crippen LogP contribution in [0.4, 0.5) is 10.6 Å². The summed E-state index contributed by atoms with van der Waals surface area (Å²) in [6.45, 7) is -0.169. The molecule has 2 aromatic rings. The van der Waals surface area contributed by atoms with Gasteiger partial charge in [-0.15, -0.1) is 0 Å². The SMILES string of the molecule is CN1[C@@H]2CCC[C@H]1CC(n1c(=O)c(N3CC(=O)NC3=O)nc3ccccc31)C2. The van der Waals surface area contributed by atoms with E-state index in [1.54, 1.807) is 0 Å². The van der Waals surface area contributed by atoms with Crippen LogP contribution in [-0.4, -0.2) is 52.1 Å². The highest BCUT2D eigenvalue weighted by molar-refractivity contribution is 6.11. The van der Waals surface area contributed by atoms with E-state index in [-0.39, 0.29) is 24.0 Å². The number of nitrogens with one attached hydrogen (secondary N) is 1. The predicted molar refractivity (Wildman–Crippen MR) is 104 cm³/mol. The molecule has 0 spiro atoms. The molecule has 0 radical (unpaired) electrons. The number of aromatic nitrogens is 2. The van der Waals surface area contributed by atoms with Gasteiger partial charge in [-0.25, -0.2) is 9.78 Å². The summed E-state index contributed by atoms with van der Waals surface area (Å²) in [6, 6.07) is 7.95. The number of urea groups is 1. The van der Waals surface area contributed by atoms with E-state index in [4.69, 9.17) is 0 Å². The molecule has 3 amide bonds. The summed E-state index contributed by atoms with van der Waals surface area (Å²) in [5.41, 5.74) is 1.15. The number of carbonyl (C=O) groups excluding carboxylic acids is 2. The van der Waals surface area contributed by atoms with E-state index in [0.717, 1.165) is 36.1 Å². The summed E-state index contributed by atoms with van der Waals surface area (Å²) in [7, 11) is 2.18. The second-order valence-electron chi connectivity index (χ2n) is 8.07. The lowest BCUT2D eigenvalue weighted by molar-refractivity contribution is -0.117. The van der Waals surface area contributed by atoms with Crippen LogP contribution >= 0.6 is 0 Å². The van der Waals surface area contributed by atoms with Crippen molar-refractivity contribution in [1.82, 2.24) is 19.8 Å². The molecule has 4 heterocycles. The van der Waals surface area contributed by atoms with E-state index in [1.807, 2.05) is 28.8 Å². The third-order valence-electron chi connectivity index (χ3n) is 6.51. The smallest absolute Gasteiger partial charge is 0.300 e. The van der Waals surface area contributed by atoms with Gasteiger partial charge < -0.3 is 9.47 Å². The Labute approximate surface area is 162 Å². The van der Waals surface area contributed by atoms with E-state index in [9.17, 15) is 14.4 Å². The second kappa shape index (κ2) is 6.41. The minimum Gasteiger partial charge on any atom is -0.300 e. The van der Waals surface area contributed by atoms with Gasteiger partial charge in [0.15, 0.2) is 0 Å². The minimum absolute atomic E-state index is 0.0335. The molecule has 8 nitrogen and oxygen atoms in total. The number of hydrogen-bond donors (Lipinski definition) is 1. The van der Waals surface area contributed by atoms with Gasteiger partial charge >= 0.3 is 6.03 Å². The van der Waals surface area contributed by atoms with Gasteiger partial charge in [0.05, 0.1) is 11.0 Å². The van der Waals surface area contributed by atoms with Crippen molar-refractivity contribution in [2.45, 2.75) is 50.2 Å². The first kappa shape index (κ1) is 17.4. The molecule has 3 saturated heterocycles. The molecule has 28 heavy (non-hydrogen) atoms. The number of benzene rings is 1. The van der Waals surface area contributed by atoms with Crippen molar-refractivity contribution >= 4 is 28.8 Å². The Hall–Kier alpha value is -2.74. The van der Waals surface area contributed by atoms with Crippen molar-refractivity contribution in [3.05, 3.63) is 34.6 Å². The standard InChI is InChI=1S/C20H23N5O3/c1-23-12-5-4-6-13(23)10-14(9-12)25-16-8-3-2-7-15(16)21-18(19(25)27)24-11-17(26)22-20(24)28/h2-3,7-8,12-14H,4-6,9-11H2,1H3,(H,22,26,28)/t12-,13+,14?. The summed E-state index contributed by atoms with van der Waals surface area (Å²) >= 11 is 0. The zero-order valence-corrected chi connectivity index (χ0v) is 15.8. The van der Waals surface area contributed by atoms with Crippen LogP contribution < -0.4 is 15.8 Å². The van der Waals surface area contributed by atoms with Crippen LogP contribution in [0, 0.1) is 0 Å². The Balaban J connectivity index is 1.66. The van der Waals surface area contributed by atoms with Gasteiger partial charge in [-0.1, -0.05) is 18.6 Å². The van der Waals surface area contributed by atoms with Crippen LogP contribution in [0.15, 0.2) is 29.1 Å². The molecule has 1 N–H and O–H groups in total. The van der Waals surface area contributed by atoms with Crippen molar-refractivity contribution in [3.63, 3.8) is 0 Å². The first-order valence-electron chi connectivity index (χ1n) is 9.87. The highest BCUT2D eigenvalue weighted by Crippen LogP contribution is 2.38. The number of rotatable bonds is 2. The second-order valence-corrected chi connectivity index (χ2v) is 8.07. The summed E-state index contributed by atoms with van der Waals surface area (Å²) in [6.07, 6.45) is 5.35. The molecule has 1 unspecified atom stereocenters. The molecule has 8 heteroatoms. The van der Waals surface area contributed by atoms with Crippen LogP contribution in [0.25, 0.3) is 11.0 Å². The maximum atomic E-state index is 13.5. The largest absolute Gasteiger partial charge is 0.330 e. The average Bonchev–Trinajstić information content (AvgIpc) is 2.99. The first-order chi connectivity index (χ1) is 13.5. The Kier molecular flexibility index (Phi) is 3.97. The van der Waals surface area contributed by atoms with Gasteiger partial charge in [-0.3, -0.25) is 19.8 Å². The molecular weight excluding hydrogens is 358 g/mol. The zero-order valence-electron chi connectivity index (χ0n) is 15.8. The molecule has 1 aromatic heterocycles. The molecule has 3 aliphatic rings. The van der Waals surface area contributed by atoms with Crippen molar-refractivity contribution in [3.8, 4) is 0 Å². The van der Waals surface area contributed by atoms with Crippen molar-refractivity contribution in [2.75, 3.05) is 18.5 Å². The van der Waals surface area contributed by atoms with E-state index >= 15 is 0 Å². The maximum absolute atomic E-state index is 13.5. The number of fused-ring (bicyclic) bond motifs is 3. The third-order valence-corrected chi connectivity index (χ3v) is 6.51. The van der Waals surface area contributed by atoms with Gasteiger partial charge in [-0.2, -0.15) is 0 Å². The molecule has 0 saturated carbocycles. The number of anilines is 1. The first-order valence-corrected chi connectivity index (χ1v) is 9.87. The third kappa shape index (κ3) is 2.63. The zero-order chi connectivity index (χ0) is 19.4. The minimum atomic E-state index is -0.586. The molecule has 0 aliphatic carbocycles. The van der Waals surface area contributed by atoms with Crippen LogP contribution in [-0.2, 0) is 4.79 Å². The van der Waals surface area contributed by atoms with Gasteiger partial charge in [0, 0.05) is 18.1 Å². The van der Waals surface area contributed by atoms with E-state index in [1.165, 1.54) is 6.42 Å². The number of nitrogens with zero attached hydrogens (tertiary/aromatic N) is 4. The maximum Gasteiger partial charge on any atom is 0.330 e. The molecule has 3 aliphatic heterocycles. The Bertz CT molecular complexity index is 1020. The van der Waals surface area contributed by atoms with Crippen molar-refractivity contribution < 1.29 is 9.59 Å². The molecule has 2 bridgehead atoms. The lowest BCUT2D eigenvalue weighted by atomic mass is 9.82. The highest BCUT2D eigenvalue weighted by atomic mass is 16.2. The molecule has 3 fully saturated rings. The number of hydrogen-bond acceptors (Lipinski definition) is 5. The van der Waals surface area contributed by atoms with Crippen molar-refractivity contribution in [2.24, 2.45) is 0 Å². The average molecular weight is 381 g/mol. The van der Waals surface area contributed by atoms with Crippen LogP contribution in [0.2, 0.25) is 0 Å². The Morgan fingerprint density at radius 2 is 1.75 bits per heavy atom. The fourth-order valence-electron chi connectivity index (χ4n) is 5.09. The van der Waals surface area contributed by atoms with E-state index in [0.29, 0.717) is 17.6 Å². The predicted octanol–water partition coefficient (Wildman–Crippen LogP) is 1.64. The lowest BCUT2D eigenvalue weighted by Gasteiger charge is -2.47. The number of para-hydroxylation sites is 2. The molecular formula is C20H23N5O3. The van der Waals surface area contributed by atoms with Crippen LogP contribution in [0.1, 0.15) is 38.1 Å².